The molecule has 0 saturated heterocycles. The first-order valence-corrected chi connectivity index (χ1v) is 10.7. The Balaban J connectivity index is 1.49. The van der Waals surface area contributed by atoms with Crippen molar-refractivity contribution >= 4 is 32.6 Å². The predicted octanol–water partition coefficient (Wildman–Crippen LogP) is 4.68. The van der Waals surface area contributed by atoms with Crippen molar-refractivity contribution in [3.8, 4) is 17.2 Å². The molecule has 1 aromatic heterocycles. The number of hydrogen-bond acceptors (Lipinski definition) is 6. The Morgan fingerprint density at radius 3 is 2.68 bits per heavy atom. The minimum absolute atomic E-state index is 0.153. The molecule has 4 aromatic rings. The maximum absolute atomic E-state index is 13.6. The van der Waals surface area contributed by atoms with Crippen LogP contribution in [0.15, 0.2) is 72.8 Å². The fourth-order valence-electron chi connectivity index (χ4n) is 3.46. The van der Waals surface area contributed by atoms with Gasteiger partial charge in [-0.1, -0.05) is 53.8 Å². The highest BCUT2D eigenvalue weighted by Gasteiger charge is 2.33. The van der Waals surface area contributed by atoms with Crippen molar-refractivity contribution in [1.29, 1.82) is 0 Å². The van der Waals surface area contributed by atoms with Gasteiger partial charge >= 0.3 is 0 Å². The lowest BCUT2D eigenvalue weighted by Crippen LogP contribution is -2.46. The van der Waals surface area contributed by atoms with Crippen molar-refractivity contribution in [3.05, 3.63) is 78.4 Å². The van der Waals surface area contributed by atoms with Crippen molar-refractivity contribution < 1.29 is 19.0 Å². The molecule has 1 atom stereocenters. The average Bonchev–Trinajstić information content (AvgIpc) is 3.25. The molecule has 7 heteroatoms. The third-order valence-electron chi connectivity index (χ3n) is 5.05. The second-order valence-electron chi connectivity index (χ2n) is 7.10. The molecule has 3 aromatic carbocycles. The maximum atomic E-state index is 13.6. The lowest BCUT2D eigenvalue weighted by Gasteiger charge is -2.29. The molecule has 0 fully saturated rings. The van der Waals surface area contributed by atoms with Crippen LogP contribution in [0.5, 0.6) is 17.2 Å². The molecule has 0 bridgehead atoms. The Labute approximate surface area is 183 Å². The van der Waals surface area contributed by atoms with Gasteiger partial charge in [0, 0.05) is 0 Å². The zero-order valence-electron chi connectivity index (χ0n) is 16.9. The van der Waals surface area contributed by atoms with Crippen LogP contribution < -0.4 is 19.1 Å². The summed E-state index contributed by atoms with van der Waals surface area (Å²) >= 11 is 1.45. The van der Waals surface area contributed by atoms with Crippen LogP contribution in [0.4, 0.5) is 5.13 Å². The smallest absolute Gasteiger partial charge is 0.273 e. The molecule has 6 nitrogen and oxygen atoms in total. The summed E-state index contributed by atoms with van der Waals surface area (Å²) in [4.78, 5) is 20.0. The van der Waals surface area contributed by atoms with E-state index in [1.54, 1.807) is 18.1 Å². The number of para-hydroxylation sites is 2. The fourth-order valence-corrected chi connectivity index (χ4v) is 4.45. The molecule has 1 unspecified atom stereocenters. The molecule has 5 rings (SSSR count). The Bertz CT molecular complexity index is 1220. The summed E-state index contributed by atoms with van der Waals surface area (Å²) < 4.78 is 18.0. The number of anilines is 1. The van der Waals surface area contributed by atoms with Crippen LogP contribution >= 0.6 is 11.3 Å². The summed E-state index contributed by atoms with van der Waals surface area (Å²) in [5.74, 6) is 1.78. The van der Waals surface area contributed by atoms with E-state index in [1.165, 1.54) is 11.3 Å². The first-order valence-electron chi connectivity index (χ1n) is 9.89. The number of aromatic nitrogens is 1. The predicted molar refractivity (Wildman–Crippen MR) is 120 cm³/mol. The number of amides is 1. The van der Waals surface area contributed by atoms with E-state index >= 15 is 0 Å². The summed E-state index contributed by atoms with van der Waals surface area (Å²) in [6.45, 7) is 0.540. The van der Waals surface area contributed by atoms with Gasteiger partial charge in [0.15, 0.2) is 16.6 Å². The maximum Gasteiger partial charge on any atom is 0.273 e. The molecule has 0 aliphatic carbocycles. The van der Waals surface area contributed by atoms with E-state index in [4.69, 9.17) is 19.2 Å². The number of rotatable bonds is 5. The first-order chi connectivity index (χ1) is 15.2. The average molecular weight is 433 g/mol. The number of nitrogens with zero attached hydrogens (tertiary/aromatic N) is 2. The number of ether oxygens (including phenoxy) is 3. The molecule has 0 radical (unpaired) electrons. The van der Waals surface area contributed by atoms with E-state index < -0.39 is 6.10 Å². The standard InChI is InChI=1S/C24H20N2O4S/c1-28-17-11-12-18-22(13-17)31-24(25-18)26(14-16-7-3-2-4-8-16)23(27)21-15-29-19-9-5-6-10-20(19)30-21/h2-13,21H,14-15H2,1H3. The number of carbonyl (C=O) groups excluding carboxylic acids is 1. The molecule has 2 heterocycles. The molecule has 1 aliphatic rings. The summed E-state index contributed by atoms with van der Waals surface area (Å²) in [7, 11) is 1.63. The number of carbonyl (C=O) groups is 1. The molecular formula is C24H20N2O4S. The Morgan fingerprint density at radius 2 is 1.87 bits per heavy atom. The van der Waals surface area contributed by atoms with E-state index in [1.807, 2.05) is 66.7 Å². The van der Waals surface area contributed by atoms with Gasteiger partial charge in [-0.05, 0) is 35.9 Å². The first kappa shape index (κ1) is 19.4. The lowest BCUT2D eigenvalue weighted by molar-refractivity contribution is -0.127. The Morgan fingerprint density at radius 1 is 1.10 bits per heavy atom. The van der Waals surface area contributed by atoms with E-state index in [9.17, 15) is 4.79 Å². The number of thiazole rings is 1. The van der Waals surface area contributed by atoms with Gasteiger partial charge < -0.3 is 14.2 Å². The zero-order chi connectivity index (χ0) is 21.2. The number of fused-ring (bicyclic) bond motifs is 2. The van der Waals surface area contributed by atoms with Gasteiger partial charge in [-0.15, -0.1) is 0 Å². The molecule has 0 N–H and O–H groups in total. The summed E-state index contributed by atoms with van der Waals surface area (Å²) in [5, 5.41) is 0.611. The van der Waals surface area contributed by atoms with Gasteiger partial charge in [-0.25, -0.2) is 4.98 Å². The number of benzene rings is 3. The van der Waals surface area contributed by atoms with Crippen molar-refractivity contribution in [2.24, 2.45) is 0 Å². The molecule has 156 valence electrons. The fraction of sp³-hybridized carbons (Fsp3) is 0.167. The van der Waals surface area contributed by atoms with E-state index in [-0.39, 0.29) is 12.5 Å². The van der Waals surface area contributed by atoms with Gasteiger partial charge in [0.05, 0.1) is 23.9 Å². The number of hydrogen-bond donors (Lipinski definition) is 0. The Kier molecular flexibility index (Phi) is 5.18. The highest BCUT2D eigenvalue weighted by molar-refractivity contribution is 7.22. The van der Waals surface area contributed by atoms with Crippen LogP contribution in [0.1, 0.15) is 5.56 Å². The molecule has 0 saturated carbocycles. The second-order valence-corrected chi connectivity index (χ2v) is 8.11. The molecule has 1 amide bonds. The van der Waals surface area contributed by atoms with Crippen molar-refractivity contribution in [2.75, 3.05) is 18.6 Å². The van der Waals surface area contributed by atoms with Crippen molar-refractivity contribution in [1.82, 2.24) is 4.98 Å². The largest absolute Gasteiger partial charge is 0.497 e. The Hall–Kier alpha value is -3.58. The van der Waals surface area contributed by atoms with Gasteiger partial charge in [0.1, 0.15) is 12.4 Å². The monoisotopic (exact) mass is 432 g/mol. The summed E-state index contributed by atoms with van der Waals surface area (Å²) in [6, 6.07) is 22.9. The quantitative estimate of drug-likeness (QED) is 0.458. The van der Waals surface area contributed by atoms with E-state index in [0.717, 1.165) is 21.5 Å². The van der Waals surface area contributed by atoms with Crippen LogP contribution in [0.25, 0.3) is 10.2 Å². The van der Waals surface area contributed by atoms with Crippen LogP contribution in [-0.4, -0.2) is 30.7 Å². The topological polar surface area (TPSA) is 60.9 Å². The number of methoxy groups -OCH3 is 1. The highest BCUT2D eigenvalue weighted by atomic mass is 32.1. The van der Waals surface area contributed by atoms with E-state index in [2.05, 4.69) is 0 Å². The van der Waals surface area contributed by atoms with Crippen LogP contribution in [0, 0.1) is 0 Å². The molecule has 1 aliphatic heterocycles. The SMILES string of the molecule is COc1ccc2nc(N(Cc3ccccc3)C(=O)C3COc4ccccc4O3)sc2c1. The van der Waals surface area contributed by atoms with E-state index in [0.29, 0.717) is 23.2 Å². The normalized spacial score (nSPS) is 14.9. The van der Waals surface area contributed by atoms with Gasteiger partial charge in [-0.3, -0.25) is 9.69 Å². The third kappa shape index (κ3) is 3.92. The minimum Gasteiger partial charge on any atom is -0.497 e. The van der Waals surface area contributed by atoms with Crippen LogP contribution in [-0.2, 0) is 11.3 Å². The van der Waals surface area contributed by atoms with Crippen LogP contribution in [0.2, 0.25) is 0 Å². The summed E-state index contributed by atoms with van der Waals surface area (Å²) in [6.07, 6.45) is -0.750. The molecule has 0 spiro atoms. The lowest BCUT2D eigenvalue weighted by atomic mass is 10.2. The second kappa shape index (κ2) is 8.28. The van der Waals surface area contributed by atoms with Gasteiger partial charge in [-0.2, -0.15) is 0 Å². The molecule has 31 heavy (non-hydrogen) atoms. The van der Waals surface area contributed by atoms with Gasteiger partial charge in [0.2, 0.25) is 6.10 Å². The van der Waals surface area contributed by atoms with Crippen LogP contribution in [0.3, 0.4) is 0 Å². The van der Waals surface area contributed by atoms with Crippen molar-refractivity contribution in [3.63, 3.8) is 0 Å². The minimum atomic E-state index is -0.750. The highest BCUT2D eigenvalue weighted by Crippen LogP contribution is 2.35. The molecular weight excluding hydrogens is 412 g/mol. The summed E-state index contributed by atoms with van der Waals surface area (Å²) in [5.41, 5.74) is 1.82. The van der Waals surface area contributed by atoms with Crippen molar-refractivity contribution in [2.45, 2.75) is 12.6 Å². The van der Waals surface area contributed by atoms with Gasteiger partial charge in [0.25, 0.3) is 5.91 Å². The zero-order valence-corrected chi connectivity index (χ0v) is 17.7. The third-order valence-corrected chi connectivity index (χ3v) is 6.09.